The maximum Gasteiger partial charge on any atom is -0.0139 e. The van der Waals surface area contributed by atoms with Gasteiger partial charge in [-0.1, -0.05) is 38.0 Å². The molecule has 0 bridgehead atoms. The van der Waals surface area contributed by atoms with Crippen molar-refractivity contribution in [1.82, 2.24) is 0 Å². The van der Waals surface area contributed by atoms with Crippen molar-refractivity contribution in [3.63, 3.8) is 0 Å². The minimum atomic E-state index is 0.810. The minimum absolute atomic E-state index is 0.810. The summed E-state index contributed by atoms with van der Waals surface area (Å²) < 4.78 is 0. The van der Waals surface area contributed by atoms with E-state index in [-0.39, 0.29) is 0 Å². The summed E-state index contributed by atoms with van der Waals surface area (Å²) in [6.07, 6.45) is 7.95. The Balaban J connectivity index is 2.36. The van der Waals surface area contributed by atoms with Gasteiger partial charge in [0.05, 0.1) is 0 Å². The van der Waals surface area contributed by atoms with Gasteiger partial charge in [-0.15, -0.1) is 0 Å². The Morgan fingerprint density at radius 3 is 2.60 bits per heavy atom. The summed E-state index contributed by atoms with van der Waals surface area (Å²) in [6, 6.07) is 0. The first-order chi connectivity index (χ1) is 7.09. The zero-order valence-corrected chi connectivity index (χ0v) is 10.6. The van der Waals surface area contributed by atoms with Crippen LogP contribution in [0.25, 0.3) is 0 Å². The Labute approximate surface area is 94.5 Å². The van der Waals surface area contributed by atoms with Crippen LogP contribution in [0, 0.1) is 17.8 Å². The van der Waals surface area contributed by atoms with Gasteiger partial charge in [0.2, 0.25) is 0 Å². The summed E-state index contributed by atoms with van der Waals surface area (Å²) in [5.41, 5.74) is 5.09. The van der Waals surface area contributed by atoms with Crippen LogP contribution in [-0.2, 0) is 0 Å². The smallest absolute Gasteiger partial charge is 0.0139 e. The first-order valence-corrected chi connectivity index (χ1v) is 6.49. The Hall–Kier alpha value is -0.520. The molecule has 2 aliphatic carbocycles. The van der Waals surface area contributed by atoms with E-state index >= 15 is 0 Å². The molecule has 0 heterocycles. The average molecular weight is 204 g/mol. The molecule has 0 amide bonds. The van der Waals surface area contributed by atoms with Crippen molar-refractivity contribution in [2.75, 3.05) is 0 Å². The third-order valence-electron chi connectivity index (χ3n) is 4.27. The third-order valence-corrected chi connectivity index (χ3v) is 4.27. The van der Waals surface area contributed by atoms with Gasteiger partial charge in [0.1, 0.15) is 0 Å². The highest BCUT2D eigenvalue weighted by atomic mass is 14.3. The summed E-state index contributed by atoms with van der Waals surface area (Å²) in [5.74, 6) is 2.50. The molecule has 0 unspecified atom stereocenters. The van der Waals surface area contributed by atoms with E-state index < -0.39 is 0 Å². The average Bonchev–Trinajstić information content (AvgIpc) is 2.17. The van der Waals surface area contributed by atoms with Gasteiger partial charge in [-0.3, -0.25) is 0 Å². The molecule has 0 saturated carbocycles. The lowest BCUT2D eigenvalue weighted by atomic mass is 9.69. The second-order valence-corrected chi connectivity index (χ2v) is 5.80. The van der Waals surface area contributed by atoms with Crippen LogP contribution < -0.4 is 0 Å². The largest absolute Gasteiger partial charge is 0.0727 e. The highest BCUT2D eigenvalue weighted by Gasteiger charge is 2.29. The molecular weight excluding hydrogens is 180 g/mol. The fourth-order valence-electron chi connectivity index (χ4n) is 3.23. The minimum Gasteiger partial charge on any atom is -0.0727 e. The number of hydrogen-bond donors (Lipinski definition) is 0. The Morgan fingerprint density at radius 2 is 1.93 bits per heavy atom. The third kappa shape index (κ3) is 2.04. The standard InChI is InChI=1S/C15H24/c1-10(2)13-8-6-12(4)14-7-5-11(3)9-15(13)14/h9-10,12-13H,5-8H2,1-4H3/t12-,13-/m1/s1. The summed E-state index contributed by atoms with van der Waals surface area (Å²) >= 11 is 0. The van der Waals surface area contributed by atoms with Crippen molar-refractivity contribution in [2.45, 2.75) is 53.4 Å². The molecule has 15 heavy (non-hydrogen) atoms. The van der Waals surface area contributed by atoms with Crippen molar-refractivity contribution in [2.24, 2.45) is 17.8 Å². The summed E-state index contributed by atoms with van der Waals surface area (Å²) in [7, 11) is 0. The first kappa shape index (κ1) is 11.0. The van der Waals surface area contributed by atoms with Crippen LogP contribution in [-0.4, -0.2) is 0 Å². The molecule has 2 rings (SSSR count). The maximum atomic E-state index is 2.50. The van der Waals surface area contributed by atoms with Crippen LogP contribution in [0.5, 0.6) is 0 Å². The van der Waals surface area contributed by atoms with Crippen LogP contribution in [0.2, 0.25) is 0 Å². The van der Waals surface area contributed by atoms with Crippen molar-refractivity contribution < 1.29 is 0 Å². The van der Waals surface area contributed by atoms with Gasteiger partial charge in [-0.25, -0.2) is 0 Å². The number of hydrogen-bond acceptors (Lipinski definition) is 0. The predicted octanol–water partition coefficient (Wildman–Crippen LogP) is 4.73. The van der Waals surface area contributed by atoms with E-state index in [4.69, 9.17) is 0 Å². The maximum absolute atomic E-state index is 2.50. The van der Waals surface area contributed by atoms with Gasteiger partial charge >= 0.3 is 0 Å². The van der Waals surface area contributed by atoms with E-state index in [9.17, 15) is 0 Å². The van der Waals surface area contributed by atoms with Gasteiger partial charge in [0, 0.05) is 0 Å². The van der Waals surface area contributed by atoms with Crippen LogP contribution in [0.1, 0.15) is 53.4 Å². The molecule has 0 aromatic rings. The van der Waals surface area contributed by atoms with E-state index in [0.717, 1.165) is 17.8 Å². The Bertz CT molecular complexity index is 304. The topological polar surface area (TPSA) is 0 Å². The summed E-state index contributed by atoms with van der Waals surface area (Å²) in [5, 5.41) is 0. The predicted molar refractivity (Wildman–Crippen MR) is 66.7 cm³/mol. The Morgan fingerprint density at radius 1 is 1.20 bits per heavy atom. The highest BCUT2D eigenvalue weighted by molar-refractivity contribution is 5.37. The lowest BCUT2D eigenvalue weighted by molar-refractivity contribution is 0.349. The second kappa shape index (κ2) is 4.15. The molecule has 0 spiro atoms. The van der Waals surface area contributed by atoms with E-state index in [2.05, 4.69) is 33.8 Å². The molecule has 0 aromatic carbocycles. The van der Waals surface area contributed by atoms with Gasteiger partial charge in [0.15, 0.2) is 0 Å². The van der Waals surface area contributed by atoms with Crippen molar-refractivity contribution in [3.8, 4) is 0 Å². The molecule has 0 heteroatoms. The molecule has 0 radical (unpaired) electrons. The van der Waals surface area contributed by atoms with Crippen molar-refractivity contribution >= 4 is 0 Å². The van der Waals surface area contributed by atoms with Crippen molar-refractivity contribution in [3.05, 3.63) is 22.8 Å². The quantitative estimate of drug-likeness (QED) is 0.579. The molecule has 84 valence electrons. The van der Waals surface area contributed by atoms with Gasteiger partial charge in [-0.2, -0.15) is 0 Å². The van der Waals surface area contributed by atoms with Crippen LogP contribution in [0.4, 0.5) is 0 Å². The van der Waals surface area contributed by atoms with Crippen LogP contribution >= 0.6 is 0 Å². The van der Waals surface area contributed by atoms with E-state index in [1.54, 1.807) is 16.7 Å². The van der Waals surface area contributed by atoms with E-state index in [1.165, 1.54) is 25.7 Å². The molecule has 0 aliphatic heterocycles. The fraction of sp³-hybridized carbons (Fsp3) is 0.733. The molecule has 2 atom stereocenters. The van der Waals surface area contributed by atoms with Crippen LogP contribution in [0.3, 0.4) is 0 Å². The van der Waals surface area contributed by atoms with E-state index in [1.807, 2.05) is 0 Å². The summed E-state index contributed by atoms with van der Waals surface area (Å²) in [4.78, 5) is 0. The van der Waals surface area contributed by atoms with Gasteiger partial charge < -0.3 is 0 Å². The highest BCUT2D eigenvalue weighted by Crippen LogP contribution is 2.43. The normalized spacial score (nSPS) is 31.7. The molecule has 0 fully saturated rings. The molecule has 2 aliphatic rings. The summed E-state index contributed by atoms with van der Waals surface area (Å²) in [6.45, 7) is 9.47. The first-order valence-electron chi connectivity index (χ1n) is 6.49. The Kier molecular flexibility index (Phi) is 3.04. The second-order valence-electron chi connectivity index (χ2n) is 5.80. The lowest BCUT2D eigenvalue weighted by Crippen LogP contribution is -2.23. The fourth-order valence-corrected chi connectivity index (χ4v) is 3.23. The zero-order valence-electron chi connectivity index (χ0n) is 10.6. The monoisotopic (exact) mass is 204 g/mol. The number of allylic oxidation sites excluding steroid dienone is 4. The number of rotatable bonds is 1. The van der Waals surface area contributed by atoms with E-state index in [0.29, 0.717) is 0 Å². The molecule has 0 nitrogen and oxygen atoms in total. The molecular formula is C15H24. The molecule has 0 saturated heterocycles. The zero-order chi connectivity index (χ0) is 11.0. The molecule has 0 aromatic heterocycles. The van der Waals surface area contributed by atoms with Crippen LogP contribution in [0.15, 0.2) is 22.8 Å². The van der Waals surface area contributed by atoms with Crippen molar-refractivity contribution in [1.29, 1.82) is 0 Å². The lowest BCUT2D eigenvalue weighted by Gasteiger charge is -2.36. The van der Waals surface area contributed by atoms with Gasteiger partial charge in [-0.05, 0) is 55.9 Å². The van der Waals surface area contributed by atoms with Gasteiger partial charge in [0.25, 0.3) is 0 Å². The SMILES string of the molecule is CC1=CC2=C(CC1)[C@H](C)CC[C@@H]2C(C)C. The molecule has 0 N–H and O–H groups in total.